The van der Waals surface area contributed by atoms with Crippen LogP contribution in [0, 0.1) is 0 Å². The van der Waals surface area contributed by atoms with E-state index in [1.165, 1.54) is 37.0 Å². The molecule has 0 saturated heterocycles. The van der Waals surface area contributed by atoms with Crippen LogP contribution < -0.4 is 5.32 Å². The third-order valence-electron chi connectivity index (χ3n) is 5.35. The lowest BCUT2D eigenvalue weighted by atomic mass is 9.93. The Morgan fingerprint density at radius 1 is 0.893 bits per heavy atom. The molecule has 2 aromatic carbocycles. The molecule has 3 rings (SSSR count). The van der Waals surface area contributed by atoms with Crippen LogP contribution in [0.4, 0.5) is 5.69 Å². The Hall–Kier alpha value is -1.88. The number of halogens is 1. The van der Waals surface area contributed by atoms with Crippen molar-refractivity contribution >= 4 is 44.2 Å². The molecule has 0 atom stereocenters. The minimum absolute atomic E-state index is 0.183. The summed E-state index contributed by atoms with van der Waals surface area (Å²) in [5.74, 6) is -0.366. The van der Waals surface area contributed by atoms with Crippen molar-refractivity contribution < 1.29 is 9.59 Å². The summed E-state index contributed by atoms with van der Waals surface area (Å²) in [6, 6.07) is 9.59. The lowest BCUT2D eigenvalue weighted by Gasteiger charge is -2.27. The molecule has 1 aliphatic rings. The van der Waals surface area contributed by atoms with Gasteiger partial charge in [-0.3, -0.25) is 14.5 Å². The number of anilines is 1. The first kappa shape index (κ1) is 20.8. The van der Waals surface area contributed by atoms with Crippen LogP contribution >= 0.6 is 15.9 Å². The van der Waals surface area contributed by atoms with Gasteiger partial charge in [-0.05, 0) is 31.0 Å². The first-order chi connectivity index (χ1) is 13.7. The first-order valence-electron chi connectivity index (χ1n) is 10.4. The van der Waals surface area contributed by atoms with Crippen molar-refractivity contribution in [3.8, 4) is 0 Å². The average Bonchev–Trinajstić information content (AvgIpc) is 2.71. The molecule has 150 valence electrons. The van der Waals surface area contributed by atoms with Crippen molar-refractivity contribution in [1.29, 1.82) is 0 Å². The maximum absolute atomic E-state index is 12.9. The Bertz CT molecular complexity index is 828. The van der Waals surface area contributed by atoms with Gasteiger partial charge in [0.05, 0.1) is 0 Å². The Labute approximate surface area is 175 Å². The second-order valence-electron chi connectivity index (χ2n) is 7.39. The van der Waals surface area contributed by atoms with Gasteiger partial charge in [-0.1, -0.05) is 67.1 Å². The number of hydrogen-bond acceptors (Lipinski definition) is 3. The van der Waals surface area contributed by atoms with Crippen LogP contribution in [-0.4, -0.2) is 35.1 Å². The van der Waals surface area contributed by atoms with Crippen LogP contribution in [0.5, 0.6) is 0 Å². The van der Waals surface area contributed by atoms with Crippen LogP contribution in [0.15, 0.2) is 30.3 Å². The number of carbonyl (C=O) groups excluding carboxylic acids is 2. The van der Waals surface area contributed by atoms with Crippen molar-refractivity contribution in [2.24, 2.45) is 0 Å². The number of unbranched alkanes of at least 4 members (excludes halogenated alkanes) is 5. The lowest BCUT2D eigenvalue weighted by molar-refractivity contribution is 0.0611. The molecule has 0 bridgehead atoms. The van der Waals surface area contributed by atoms with E-state index in [1.807, 2.05) is 30.3 Å². The molecule has 28 heavy (non-hydrogen) atoms. The summed E-state index contributed by atoms with van der Waals surface area (Å²) in [6.45, 7) is 3.58. The molecular weight excluding hydrogens is 416 g/mol. The second-order valence-corrected chi connectivity index (χ2v) is 8.18. The molecule has 4 nitrogen and oxygen atoms in total. The maximum atomic E-state index is 12.9. The normalized spacial score (nSPS) is 13.4. The van der Waals surface area contributed by atoms with Crippen molar-refractivity contribution in [2.75, 3.05) is 23.7 Å². The zero-order valence-electron chi connectivity index (χ0n) is 16.6. The molecule has 1 aliphatic heterocycles. The number of carbonyl (C=O) groups is 2. The first-order valence-corrected chi connectivity index (χ1v) is 11.5. The zero-order chi connectivity index (χ0) is 19.9. The van der Waals surface area contributed by atoms with Crippen LogP contribution in [0.25, 0.3) is 10.8 Å². The molecule has 0 aliphatic carbocycles. The van der Waals surface area contributed by atoms with Gasteiger partial charge in [0.15, 0.2) is 0 Å². The van der Waals surface area contributed by atoms with Gasteiger partial charge in [-0.25, -0.2) is 0 Å². The molecule has 0 fully saturated rings. The maximum Gasteiger partial charge on any atom is 0.261 e. The van der Waals surface area contributed by atoms with Gasteiger partial charge >= 0.3 is 0 Å². The van der Waals surface area contributed by atoms with Crippen LogP contribution in [0.1, 0.15) is 72.6 Å². The number of amides is 2. The summed E-state index contributed by atoms with van der Waals surface area (Å²) in [4.78, 5) is 27.1. The highest BCUT2D eigenvalue weighted by Gasteiger charge is 2.32. The van der Waals surface area contributed by atoms with Crippen molar-refractivity contribution in [2.45, 2.75) is 51.9 Å². The predicted molar refractivity (Wildman–Crippen MR) is 120 cm³/mol. The molecule has 0 unspecified atom stereocenters. The van der Waals surface area contributed by atoms with Crippen molar-refractivity contribution in [3.63, 3.8) is 0 Å². The summed E-state index contributed by atoms with van der Waals surface area (Å²) < 4.78 is 0. The number of rotatable bonds is 11. The van der Waals surface area contributed by atoms with E-state index in [2.05, 4.69) is 28.2 Å². The highest BCUT2D eigenvalue weighted by molar-refractivity contribution is 9.09. The molecular formula is C23H29BrN2O2. The molecule has 0 radical (unpaired) electrons. The summed E-state index contributed by atoms with van der Waals surface area (Å²) in [6.07, 6.45) is 8.29. The van der Waals surface area contributed by atoms with Crippen LogP contribution in [0.3, 0.4) is 0 Å². The second kappa shape index (κ2) is 10.1. The van der Waals surface area contributed by atoms with Gasteiger partial charge in [0.1, 0.15) is 0 Å². The van der Waals surface area contributed by atoms with E-state index < -0.39 is 0 Å². The fourth-order valence-electron chi connectivity index (χ4n) is 3.85. The topological polar surface area (TPSA) is 49.4 Å². The van der Waals surface area contributed by atoms with E-state index in [0.717, 1.165) is 41.2 Å². The zero-order valence-corrected chi connectivity index (χ0v) is 18.2. The Morgan fingerprint density at radius 3 is 2.36 bits per heavy atom. The summed E-state index contributed by atoms with van der Waals surface area (Å²) in [7, 11) is 0. The Morgan fingerprint density at radius 2 is 1.61 bits per heavy atom. The van der Waals surface area contributed by atoms with Gasteiger partial charge in [0.25, 0.3) is 11.8 Å². The smallest absolute Gasteiger partial charge is 0.261 e. The highest BCUT2D eigenvalue weighted by Crippen LogP contribution is 2.34. The minimum atomic E-state index is -0.183. The van der Waals surface area contributed by atoms with Gasteiger partial charge in [-0.2, -0.15) is 0 Å². The molecule has 0 saturated carbocycles. The van der Waals surface area contributed by atoms with E-state index in [1.54, 1.807) is 0 Å². The largest absolute Gasteiger partial charge is 0.385 e. The van der Waals surface area contributed by atoms with Gasteiger partial charge < -0.3 is 5.32 Å². The van der Waals surface area contributed by atoms with Gasteiger partial charge in [0.2, 0.25) is 0 Å². The lowest BCUT2D eigenvalue weighted by Crippen LogP contribution is -2.41. The van der Waals surface area contributed by atoms with E-state index in [-0.39, 0.29) is 11.8 Å². The standard InChI is InChI=1S/C23H29BrN2O2/c1-2-3-4-5-6-7-15-25-20-13-12-19-21-17(20)10-8-11-18(21)22(27)26(23(19)28)16-9-14-24/h8,10-13,25H,2-7,9,14-16H2,1H3. The summed E-state index contributed by atoms with van der Waals surface area (Å²) in [5, 5.41) is 6.03. The van der Waals surface area contributed by atoms with Crippen molar-refractivity contribution in [1.82, 2.24) is 4.90 Å². The average molecular weight is 445 g/mol. The van der Waals surface area contributed by atoms with Crippen LogP contribution in [0.2, 0.25) is 0 Å². The van der Waals surface area contributed by atoms with E-state index in [4.69, 9.17) is 0 Å². The number of alkyl halides is 1. The number of benzene rings is 2. The number of hydrogen-bond donors (Lipinski definition) is 1. The molecule has 0 aromatic heterocycles. The molecule has 0 spiro atoms. The fourth-order valence-corrected chi connectivity index (χ4v) is 4.10. The molecule has 2 amide bonds. The van der Waals surface area contributed by atoms with Crippen LogP contribution in [-0.2, 0) is 0 Å². The third kappa shape index (κ3) is 4.40. The molecule has 2 aromatic rings. The predicted octanol–water partition coefficient (Wildman–Crippen LogP) is 5.99. The number of nitrogens with zero attached hydrogens (tertiary/aromatic N) is 1. The summed E-state index contributed by atoms with van der Waals surface area (Å²) >= 11 is 3.38. The molecule has 5 heteroatoms. The third-order valence-corrected chi connectivity index (χ3v) is 5.91. The number of nitrogens with one attached hydrogen (secondary N) is 1. The van der Waals surface area contributed by atoms with Gasteiger partial charge in [0, 0.05) is 46.0 Å². The Kier molecular flexibility index (Phi) is 7.49. The highest BCUT2D eigenvalue weighted by atomic mass is 79.9. The monoisotopic (exact) mass is 444 g/mol. The molecule has 1 heterocycles. The van der Waals surface area contributed by atoms with E-state index >= 15 is 0 Å². The van der Waals surface area contributed by atoms with E-state index in [0.29, 0.717) is 17.7 Å². The fraction of sp³-hybridized carbons (Fsp3) is 0.478. The SMILES string of the molecule is CCCCCCCCNc1ccc2c3c(cccc13)C(=O)N(CCCBr)C2=O. The van der Waals surface area contributed by atoms with Gasteiger partial charge in [-0.15, -0.1) is 0 Å². The number of imide groups is 1. The quantitative estimate of drug-likeness (QED) is 0.263. The van der Waals surface area contributed by atoms with Crippen molar-refractivity contribution in [3.05, 3.63) is 41.5 Å². The molecule has 1 N–H and O–H groups in total. The minimum Gasteiger partial charge on any atom is -0.385 e. The summed E-state index contributed by atoms with van der Waals surface area (Å²) in [5.41, 5.74) is 2.26. The van der Waals surface area contributed by atoms with E-state index in [9.17, 15) is 9.59 Å². The Balaban J connectivity index is 1.77.